The molecule has 196 valence electrons. The lowest BCUT2D eigenvalue weighted by Crippen LogP contribution is -2.40. The second-order valence-electron chi connectivity index (χ2n) is 8.67. The highest BCUT2D eigenvalue weighted by Gasteiger charge is 2.26. The number of imidazole rings is 1. The van der Waals surface area contributed by atoms with Gasteiger partial charge in [-0.05, 0) is 43.0 Å². The molecule has 9 nitrogen and oxygen atoms in total. The highest BCUT2D eigenvalue weighted by molar-refractivity contribution is 5.97. The van der Waals surface area contributed by atoms with Crippen molar-refractivity contribution in [3.05, 3.63) is 76.9 Å². The van der Waals surface area contributed by atoms with Crippen molar-refractivity contribution < 1.29 is 29.3 Å². The summed E-state index contributed by atoms with van der Waals surface area (Å²) in [5.41, 5.74) is 2.90. The van der Waals surface area contributed by atoms with Crippen molar-refractivity contribution in [2.24, 2.45) is 0 Å². The third-order valence-electron chi connectivity index (χ3n) is 5.99. The van der Waals surface area contributed by atoms with E-state index in [4.69, 9.17) is 4.74 Å². The number of aliphatic hydroxyl groups excluding tert-OH is 1. The summed E-state index contributed by atoms with van der Waals surface area (Å²) >= 11 is 0. The fraction of sp³-hybridized carbons (Fsp3) is 0.357. The zero-order chi connectivity index (χ0) is 26.9. The molecule has 0 fully saturated rings. The van der Waals surface area contributed by atoms with E-state index in [-0.39, 0.29) is 23.6 Å². The molecule has 1 aromatic heterocycles. The number of nitrogens with one attached hydrogen (secondary N) is 1. The van der Waals surface area contributed by atoms with Gasteiger partial charge in [-0.3, -0.25) is 4.79 Å². The van der Waals surface area contributed by atoms with Crippen LogP contribution in [0.4, 0.5) is 0 Å². The van der Waals surface area contributed by atoms with Crippen molar-refractivity contribution in [3.63, 3.8) is 0 Å². The molecular weight excluding hydrogens is 474 g/mol. The Balaban J connectivity index is 1.95. The molecule has 0 saturated heterocycles. The van der Waals surface area contributed by atoms with Crippen molar-refractivity contribution in [3.8, 4) is 11.1 Å². The van der Waals surface area contributed by atoms with Crippen molar-refractivity contribution in [2.45, 2.75) is 59.2 Å². The first-order valence-electron chi connectivity index (χ1n) is 12.4. The number of rotatable bonds is 12. The summed E-state index contributed by atoms with van der Waals surface area (Å²) in [6, 6.07) is 13.4. The predicted octanol–water partition coefficient (Wildman–Crippen LogP) is 3.81. The first-order valence-corrected chi connectivity index (χ1v) is 12.4. The molecule has 0 saturated carbocycles. The Bertz CT molecular complexity index is 1250. The maximum atomic E-state index is 13.2. The van der Waals surface area contributed by atoms with Gasteiger partial charge in [0.15, 0.2) is 0 Å². The van der Waals surface area contributed by atoms with E-state index in [9.17, 15) is 24.6 Å². The molecule has 0 aliphatic rings. The van der Waals surface area contributed by atoms with E-state index in [1.54, 1.807) is 42.7 Å². The largest absolute Gasteiger partial charge is 0.478 e. The van der Waals surface area contributed by atoms with Crippen LogP contribution in [-0.2, 0) is 29.1 Å². The molecule has 1 atom stereocenters. The van der Waals surface area contributed by atoms with Gasteiger partial charge in [-0.1, -0.05) is 55.8 Å². The SMILES string of the molecule is CCCCc1nc(CO)c(C(=O)NC(C)C(=O)OCC)n1Cc1ccc(-c2ccccc2C(=O)O)cc1. The lowest BCUT2D eigenvalue weighted by molar-refractivity contribution is -0.144. The smallest absolute Gasteiger partial charge is 0.336 e. The zero-order valence-electron chi connectivity index (χ0n) is 21.4. The average Bonchev–Trinajstić information content (AvgIpc) is 3.25. The lowest BCUT2D eigenvalue weighted by Gasteiger charge is -2.16. The second kappa shape index (κ2) is 12.8. The van der Waals surface area contributed by atoms with Crippen molar-refractivity contribution in [1.29, 1.82) is 0 Å². The summed E-state index contributed by atoms with van der Waals surface area (Å²) in [6.07, 6.45) is 2.40. The van der Waals surface area contributed by atoms with Gasteiger partial charge in [0.2, 0.25) is 0 Å². The van der Waals surface area contributed by atoms with Crippen LogP contribution in [-0.4, -0.2) is 50.3 Å². The average molecular weight is 508 g/mol. The van der Waals surface area contributed by atoms with E-state index in [1.807, 2.05) is 24.3 Å². The molecule has 0 aliphatic heterocycles. The van der Waals surface area contributed by atoms with Gasteiger partial charge in [0.25, 0.3) is 5.91 Å². The van der Waals surface area contributed by atoms with Gasteiger partial charge in [-0.2, -0.15) is 0 Å². The minimum Gasteiger partial charge on any atom is -0.478 e. The molecule has 3 aromatic rings. The lowest BCUT2D eigenvalue weighted by atomic mass is 9.98. The Hall–Kier alpha value is -3.98. The molecule has 0 spiro atoms. The van der Waals surface area contributed by atoms with Crippen molar-refractivity contribution in [2.75, 3.05) is 6.61 Å². The number of nitrogens with zero attached hydrogens (tertiary/aromatic N) is 2. The predicted molar refractivity (Wildman–Crippen MR) is 138 cm³/mol. The number of hydrogen-bond acceptors (Lipinski definition) is 6. The molecule has 0 bridgehead atoms. The maximum absolute atomic E-state index is 13.2. The molecule has 1 amide bonds. The van der Waals surface area contributed by atoms with E-state index in [0.29, 0.717) is 24.4 Å². The molecule has 37 heavy (non-hydrogen) atoms. The van der Waals surface area contributed by atoms with E-state index in [2.05, 4.69) is 17.2 Å². The van der Waals surface area contributed by atoms with Gasteiger partial charge < -0.3 is 24.8 Å². The van der Waals surface area contributed by atoms with Crippen LogP contribution in [0.2, 0.25) is 0 Å². The number of aryl methyl sites for hydroxylation is 1. The summed E-state index contributed by atoms with van der Waals surface area (Å²) in [7, 11) is 0. The van der Waals surface area contributed by atoms with Crippen LogP contribution < -0.4 is 5.32 Å². The molecule has 0 radical (unpaired) electrons. The molecule has 2 aromatic carbocycles. The monoisotopic (exact) mass is 507 g/mol. The van der Waals surface area contributed by atoms with Crippen molar-refractivity contribution >= 4 is 17.8 Å². The van der Waals surface area contributed by atoms with Crippen LogP contribution in [0.3, 0.4) is 0 Å². The highest BCUT2D eigenvalue weighted by atomic mass is 16.5. The van der Waals surface area contributed by atoms with Gasteiger partial charge in [-0.15, -0.1) is 0 Å². The van der Waals surface area contributed by atoms with E-state index < -0.39 is 30.5 Å². The number of unbranched alkanes of at least 4 members (excludes halogenated alkanes) is 1. The van der Waals surface area contributed by atoms with E-state index >= 15 is 0 Å². The highest BCUT2D eigenvalue weighted by Crippen LogP contribution is 2.25. The number of hydrogen-bond donors (Lipinski definition) is 3. The quantitative estimate of drug-likeness (QED) is 0.318. The first-order chi connectivity index (χ1) is 17.8. The Kier molecular flexibility index (Phi) is 9.57. The summed E-state index contributed by atoms with van der Waals surface area (Å²) < 4.78 is 6.76. The van der Waals surface area contributed by atoms with Gasteiger partial charge in [0.1, 0.15) is 17.6 Å². The summed E-state index contributed by atoms with van der Waals surface area (Å²) in [5, 5.41) is 22.1. The first kappa shape index (κ1) is 27.6. The number of aliphatic hydroxyl groups is 1. The number of carbonyl (C=O) groups is 3. The topological polar surface area (TPSA) is 131 Å². The van der Waals surface area contributed by atoms with Crippen LogP contribution in [0.1, 0.15) is 71.5 Å². The summed E-state index contributed by atoms with van der Waals surface area (Å²) in [6.45, 7) is 5.38. The normalized spacial score (nSPS) is 11.7. The van der Waals surface area contributed by atoms with E-state index in [1.165, 1.54) is 0 Å². The Morgan fingerprint density at radius 3 is 2.41 bits per heavy atom. The molecule has 9 heteroatoms. The number of ether oxygens (including phenoxy) is 1. The van der Waals surface area contributed by atoms with Crippen LogP contribution in [0.5, 0.6) is 0 Å². The number of esters is 1. The number of carboxylic acids is 1. The Morgan fingerprint density at radius 2 is 1.78 bits per heavy atom. The summed E-state index contributed by atoms with van der Waals surface area (Å²) in [5.74, 6) is -1.40. The molecule has 3 N–H and O–H groups in total. The van der Waals surface area contributed by atoms with Crippen LogP contribution >= 0.6 is 0 Å². The van der Waals surface area contributed by atoms with Gasteiger partial charge in [0.05, 0.1) is 24.5 Å². The number of carbonyl (C=O) groups excluding carboxylic acids is 2. The number of aromatic nitrogens is 2. The molecule has 0 aliphatic carbocycles. The number of benzene rings is 2. The molecule has 1 heterocycles. The van der Waals surface area contributed by atoms with E-state index in [0.717, 1.165) is 24.0 Å². The minimum atomic E-state index is -0.997. The fourth-order valence-electron chi connectivity index (χ4n) is 4.10. The molecule has 3 rings (SSSR count). The summed E-state index contributed by atoms with van der Waals surface area (Å²) in [4.78, 5) is 41.4. The third-order valence-corrected chi connectivity index (χ3v) is 5.99. The fourth-order valence-corrected chi connectivity index (χ4v) is 4.10. The number of carboxylic acid groups (broad SMARTS) is 1. The van der Waals surface area contributed by atoms with Gasteiger partial charge >= 0.3 is 11.9 Å². The van der Waals surface area contributed by atoms with Crippen molar-refractivity contribution in [1.82, 2.24) is 14.9 Å². The Labute approximate surface area is 216 Å². The number of aromatic carboxylic acids is 1. The van der Waals surface area contributed by atoms with Crippen LogP contribution in [0.15, 0.2) is 48.5 Å². The molecule has 1 unspecified atom stereocenters. The third kappa shape index (κ3) is 6.62. The molecular formula is C28H33N3O6. The van der Waals surface area contributed by atoms with Gasteiger partial charge in [-0.25, -0.2) is 14.6 Å². The van der Waals surface area contributed by atoms with Gasteiger partial charge in [0, 0.05) is 13.0 Å². The minimum absolute atomic E-state index is 0.199. The Morgan fingerprint density at radius 1 is 1.08 bits per heavy atom. The zero-order valence-corrected chi connectivity index (χ0v) is 21.4. The maximum Gasteiger partial charge on any atom is 0.336 e. The number of amides is 1. The van der Waals surface area contributed by atoms with Crippen LogP contribution in [0, 0.1) is 0 Å². The van der Waals surface area contributed by atoms with Crippen LogP contribution in [0.25, 0.3) is 11.1 Å². The second-order valence-corrected chi connectivity index (χ2v) is 8.67. The standard InChI is InChI=1S/C28H33N3O6/c1-4-6-11-24-30-23(17-32)25(26(33)29-18(3)28(36)37-5-2)31(24)16-19-12-14-20(15-13-19)21-9-7-8-10-22(21)27(34)35/h7-10,12-15,18,32H,4-6,11,16-17H2,1-3H3,(H,29,33)(H,34,35).